The number of amidine groups is 1. The topological polar surface area (TPSA) is 97.1 Å². The van der Waals surface area contributed by atoms with E-state index in [2.05, 4.69) is 34.2 Å². The zero-order chi connectivity index (χ0) is 33.3. The van der Waals surface area contributed by atoms with Gasteiger partial charge in [0.25, 0.3) is 5.91 Å². The molecule has 0 aliphatic carbocycles. The summed E-state index contributed by atoms with van der Waals surface area (Å²) in [6.07, 6.45) is 6.50. The van der Waals surface area contributed by atoms with E-state index in [9.17, 15) is 13.2 Å². The molecule has 2 unspecified atom stereocenters. The highest BCUT2D eigenvalue weighted by Gasteiger charge is 2.33. The maximum atomic E-state index is 13.8. The summed E-state index contributed by atoms with van der Waals surface area (Å²) in [5, 5.41) is 5.64. The molecule has 9 nitrogen and oxygen atoms in total. The Morgan fingerprint density at radius 2 is 1.60 bits per heavy atom. The lowest BCUT2D eigenvalue weighted by Gasteiger charge is -2.34. The molecular weight excluding hydrogens is 643 g/mol. The number of ether oxygens (including phenoxy) is 1. The van der Waals surface area contributed by atoms with Gasteiger partial charge in [-0.05, 0) is 86.7 Å². The Hall–Kier alpha value is -4.03. The summed E-state index contributed by atoms with van der Waals surface area (Å²) in [6.45, 7) is 6.09. The second-order valence-corrected chi connectivity index (χ2v) is 15.7. The van der Waals surface area contributed by atoms with Crippen LogP contribution >= 0.6 is 11.8 Å². The molecule has 7 rings (SSSR count). The first kappa shape index (κ1) is 32.5. The van der Waals surface area contributed by atoms with Gasteiger partial charge in [-0.2, -0.15) is 14.4 Å². The molecule has 3 aliphatic rings. The maximum Gasteiger partial charge on any atom is 0.286 e. The molecule has 4 aromatic rings. The molecule has 2 saturated heterocycles. The first-order valence-corrected chi connectivity index (χ1v) is 18.7. The van der Waals surface area contributed by atoms with Crippen LogP contribution in [0, 0.1) is 5.92 Å². The van der Waals surface area contributed by atoms with Crippen LogP contribution in [-0.2, 0) is 26.0 Å². The number of aromatic nitrogens is 2. The van der Waals surface area contributed by atoms with Crippen LogP contribution in [0.4, 0.5) is 0 Å². The van der Waals surface area contributed by atoms with E-state index >= 15 is 0 Å². The SMILES string of the molecule is CC1CN(S(=O)(=O)c2cccc(-c3nn(-c4ccccc4)cc3/C=C3\SC(N4CCC(Cc5ccccc5)CC4)=NC3=O)c2)CC(C)O1. The minimum absolute atomic E-state index is 0.194. The van der Waals surface area contributed by atoms with E-state index in [0.29, 0.717) is 40.7 Å². The van der Waals surface area contributed by atoms with Gasteiger partial charge in [0.05, 0.1) is 27.7 Å². The molecule has 0 bridgehead atoms. The summed E-state index contributed by atoms with van der Waals surface area (Å²) in [5.74, 6) is 0.342. The maximum absolute atomic E-state index is 13.8. The predicted molar refractivity (Wildman–Crippen MR) is 190 cm³/mol. The lowest BCUT2D eigenvalue weighted by atomic mass is 9.90. The third kappa shape index (κ3) is 7.05. The largest absolute Gasteiger partial charge is 0.373 e. The number of carbonyl (C=O) groups excluding carboxylic acids is 1. The molecule has 2 fully saturated rings. The molecule has 1 amide bonds. The minimum atomic E-state index is -3.77. The number of nitrogens with zero attached hydrogens (tertiary/aromatic N) is 5. The Kier molecular flexibility index (Phi) is 9.37. The lowest BCUT2D eigenvalue weighted by molar-refractivity contribution is -0.113. The number of thioether (sulfide) groups is 1. The second kappa shape index (κ2) is 13.8. The Labute approximate surface area is 286 Å². The summed E-state index contributed by atoms with van der Waals surface area (Å²) in [6, 6.07) is 27.2. The highest BCUT2D eigenvalue weighted by molar-refractivity contribution is 8.18. The number of morpholine rings is 1. The molecule has 3 aliphatic heterocycles. The van der Waals surface area contributed by atoms with E-state index in [1.54, 1.807) is 22.9 Å². The van der Waals surface area contributed by atoms with Gasteiger partial charge in [0.1, 0.15) is 5.69 Å². The fourth-order valence-corrected chi connectivity index (χ4v) is 9.25. The second-order valence-electron chi connectivity index (χ2n) is 12.8. The number of hydrogen-bond donors (Lipinski definition) is 0. The van der Waals surface area contributed by atoms with Gasteiger partial charge in [-0.3, -0.25) is 4.79 Å². The van der Waals surface area contributed by atoms with Crippen molar-refractivity contribution in [1.82, 2.24) is 19.0 Å². The molecule has 0 radical (unpaired) electrons. The number of benzene rings is 3. The van der Waals surface area contributed by atoms with Crippen molar-refractivity contribution in [2.24, 2.45) is 10.9 Å². The van der Waals surface area contributed by atoms with Crippen LogP contribution in [0.1, 0.15) is 37.8 Å². The van der Waals surface area contributed by atoms with E-state index in [1.807, 2.05) is 68.6 Å². The van der Waals surface area contributed by atoms with Crippen LogP contribution in [0.3, 0.4) is 0 Å². The number of carbonyl (C=O) groups is 1. The zero-order valence-corrected chi connectivity index (χ0v) is 28.7. The van der Waals surface area contributed by atoms with Crippen LogP contribution in [0.5, 0.6) is 0 Å². The lowest BCUT2D eigenvalue weighted by Crippen LogP contribution is -2.48. The number of hydrogen-bond acceptors (Lipinski definition) is 7. The van der Waals surface area contributed by atoms with Gasteiger partial charge in [0.15, 0.2) is 5.17 Å². The van der Waals surface area contributed by atoms with E-state index in [4.69, 9.17) is 9.84 Å². The Morgan fingerprint density at radius 3 is 2.31 bits per heavy atom. The first-order chi connectivity index (χ1) is 23.2. The average Bonchev–Trinajstić information content (AvgIpc) is 3.69. The van der Waals surface area contributed by atoms with Gasteiger partial charge < -0.3 is 9.64 Å². The summed E-state index contributed by atoms with van der Waals surface area (Å²) >= 11 is 1.40. The van der Waals surface area contributed by atoms with Crippen molar-refractivity contribution in [3.05, 3.63) is 107 Å². The van der Waals surface area contributed by atoms with Gasteiger partial charge in [-0.1, -0.05) is 60.7 Å². The molecule has 4 heterocycles. The van der Waals surface area contributed by atoms with Crippen molar-refractivity contribution in [1.29, 1.82) is 0 Å². The van der Waals surface area contributed by atoms with Crippen LogP contribution in [0.15, 0.2) is 106 Å². The molecular formula is C37H39N5O4S2. The Morgan fingerprint density at radius 1 is 0.917 bits per heavy atom. The van der Waals surface area contributed by atoms with Gasteiger partial charge in [0, 0.05) is 43.5 Å². The molecule has 0 saturated carbocycles. The van der Waals surface area contributed by atoms with Gasteiger partial charge in [0.2, 0.25) is 10.0 Å². The van der Waals surface area contributed by atoms with Crippen LogP contribution in [-0.4, -0.2) is 76.9 Å². The third-order valence-electron chi connectivity index (χ3n) is 9.04. The molecule has 0 N–H and O–H groups in total. The number of likely N-dealkylation sites (tertiary alicyclic amines) is 1. The Bertz CT molecular complexity index is 1940. The number of piperidine rings is 1. The molecule has 248 valence electrons. The Balaban J connectivity index is 1.14. The van der Waals surface area contributed by atoms with E-state index in [1.165, 1.54) is 21.6 Å². The standard InChI is InChI=1S/C37H39N5O4S2/c1-26-23-41(24-27(2)46-26)48(44,45)33-15-9-12-30(21-33)35-31(25-42(39-35)32-13-7-4-8-14-32)22-34-36(43)38-37(47-34)40-18-16-29(17-19-40)20-28-10-5-3-6-11-28/h3-15,21-22,25-27,29H,16-20,23-24H2,1-2H3/b34-22-. The number of amides is 1. The van der Waals surface area contributed by atoms with E-state index < -0.39 is 10.0 Å². The summed E-state index contributed by atoms with van der Waals surface area (Å²) in [7, 11) is -3.77. The molecule has 1 aromatic heterocycles. The molecule has 0 spiro atoms. The van der Waals surface area contributed by atoms with Crippen molar-refractivity contribution < 1.29 is 17.9 Å². The van der Waals surface area contributed by atoms with E-state index in [-0.39, 0.29) is 23.0 Å². The van der Waals surface area contributed by atoms with Crippen LogP contribution in [0.2, 0.25) is 0 Å². The molecule has 48 heavy (non-hydrogen) atoms. The third-order valence-corrected chi connectivity index (χ3v) is 11.9. The summed E-state index contributed by atoms with van der Waals surface area (Å²) in [4.78, 5) is 20.6. The van der Waals surface area contributed by atoms with Crippen molar-refractivity contribution in [3.8, 4) is 16.9 Å². The van der Waals surface area contributed by atoms with Gasteiger partial charge in [-0.15, -0.1) is 0 Å². The summed E-state index contributed by atoms with van der Waals surface area (Å²) < 4.78 is 36.6. The first-order valence-electron chi connectivity index (χ1n) is 16.5. The van der Waals surface area contributed by atoms with Gasteiger partial charge in [-0.25, -0.2) is 13.1 Å². The van der Waals surface area contributed by atoms with Crippen LogP contribution < -0.4 is 0 Å². The minimum Gasteiger partial charge on any atom is -0.373 e. The average molecular weight is 682 g/mol. The number of para-hydroxylation sites is 1. The van der Waals surface area contributed by atoms with E-state index in [0.717, 1.165) is 43.2 Å². The quantitative estimate of drug-likeness (QED) is 0.213. The van der Waals surface area contributed by atoms with Crippen molar-refractivity contribution in [2.75, 3.05) is 26.2 Å². The fraction of sp³-hybridized carbons (Fsp3) is 0.324. The number of rotatable bonds is 7. The molecule has 11 heteroatoms. The highest BCUT2D eigenvalue weighted by atomic mass is 32.2. The zero-order valence-electron chi connectivity index (χ0n) is 27.1. The molecule has 3 aromatic carbocycles. The highest BCUT2D eigenvalue weighted by Crippen LogP contribution is 2.35. The smallest absolute Gasteiger partial charge is 0.286 e. The van der Waals surface area contributed by atoms with Gasteiger partial charge >= 0.3 is 0 Å². The van der Waals surface area contributed by atoms with Crippen molar-refractivity contribution in [2.45, 2.75) is 50.2 Å². The monoisotopic (exact) mass is 681 g/mol. The fourth-order valence-electron chi connectivity index (χ4n) is 6.66. The van der Waals surface area contributed by atoms with Crippen LogP contribution in [0.25, 0.3) is 23.0 Å². The van der Waals surface area contributed by atoms with Crippen molar-refractivity contribution >= 4 is 38.9 Å². The molecule has 2 atom stereocenters. The van der Waals surface area contributed by atoms with Crippen molar-refractivity contribution in [3.63, 3.8) is 0 Å². The summed E-state index contributed by atoms with van der Waals surface area (Å²) in [5.41, 5.74) is 4.14. The number of aliphatic imine (C=N–C) groups is 1. The predicted octanol–water partition coefficient (Wildman–Crippen LogP) is 6.26. The normalized spacial score (nSPS) is 22.0. The number of sulfonamides is 1.